The van der Waals surface area contributed by atoms with Crippen molar-refractivity contribution in [3.05, 3.63) is 107 Å². The highest BCUT2D eigenvalue weighted by Crippen LogP contribution is 2.40. The number of likely N-dealkylation sites (N-methyl/N-ethyl adjacent to an activating group) is 1. The van der Waals surface area contributed by atoms with Crippen LogP contribution in [0.4, 0.5) is 5.69 Å². The van der Waals surface area contributed by atoms with Crippen LogP contribution in [-0.2, 0) is 10.4 Å². The van der Waals surface area contributed by atoms with Crippen LogP contribution in [0.15, 0.2) is 84.0 Å². The summed E-state index contributed by atoms with van der Waals surface area (Å²) in [6, 6.07) is 22.1. The molecule has 180 valence electrons. The minimum Gasteiger partial charge on any atom is -0.372 e. The fraction of sp³-hybridized carbons (Fsp3) is 0.267. The molecule has 0 aromatic heterocycles. The second kappa shape index (κ2) is 9.51. The summed E-state index contributed by atoms with van der Waals surface area (Å²) < 4.78 is 0. The molecule has 0 saturated heterocycles. The van der Waals surface area contributed by atoms with E-state index in [-0.39, 0.29) is 5.54 Å². The van der Waals surface area contributed by atoms with Crippen molar-refractivity contribution >= 4 is 23.4 Å². The number of hydrogen-bond acceptors (Lipinski definition) is 4. The molecule has 0 unspecified atom stereocenters. The fourth-order valence-corrected chi connectivity index (χ4v) is 4.99. The number of fused-ring (bicyclic) bond motifs is 1. The third-order valence-electron chi connectivity index (χ3n) is 6.76. The van der Waals surface area contributed by atoms with Crippen LogP contribution >= 0.6 is 0 Å². The second-order valence-corrected chi connectivity index (χ2v) is 9.59. The Morgan fingerprint density at radius 2 is 1.60 bits per heavy atom. The number of rotatable bonds is 6. The molecule has 0 aliphatic carbocycles. The average molecular weight is 468 g/mol. The summed E-state index contributed by atoms with van der Waals surface area (Å²) in [6.07, 6.45) is 3.93. The Labute approximate surface area is 207 Å². The van der Waals surface area contributed by atoms with E-state index in [0.29, 0.717) is 11.1 Å². The molecule has 1 aliphatic rings. The van der Waals surface area contributed by atoms with Crippen LogP contribution < -0.4 is 10.3 Å². The van der Waals surface area contributed by atoms with Crippen LogP contribution in [0.1, 0.15) is 55.5 Å². The summed E-state index contributed by atoms with van der Waals surface area (Å²) in [7, 11) is 0. The Kier molecular flexibility index (Phi) is 6.64. The normalized spacial score (nSPS) is 15.0. The summed E-state index contributed by atoms with van der Waals surface area (Å²) in [5, 5.41) is 15.8. The summed E-state index contributed by atoms with van der Waals surface area (Å²) in [5.41, 5.74) is 7.18. The average Bonchev–Trinajstić information content (AvgIpc) is 2.85. The van der Waals surface area contributed by atoms with E-state index >= 15 is 0 Å². The van der Waals surface area contributed by atoms with Crippen molar-refractivity contribution in [1.29, 1.82) is 0 Å². The lowest BCUT2D eigenvalue weighted by Gasteiger charge is -2.43. The smallest absolute Gasteiger partial charge is 0.281 e. The molecule has 0 fully saturated rings. The molecule has 2 N–H and O–H groups in total. The first-order chi connectivity index (χ1) is 16.7. The van der Waals surface area contributed by atoms with Gasteiger partial charge in [0.2, 0.25) is 0 Å². The molecule has 4 rings (SSSR count). The Morgan fingerprint density at radius 1 is 1.03 bits per heavy atom. The van der Waals surface area contributed by atoms with Gasteiger partial charge >= 0.3 is 0 Å². The summed E-state index contributed by atoms with van der Waals surface area (Å²) in [6.45, 7) is 11.7. The predicted octanol–water partition coefficient (Wildman–Crippen LogP) is 5.40. The van der Waals surface area contributed by atoms with Gasteiger partial charge in [0.05, 0.1) is 11.8 Å². The highest BCUT2D eigenvalue weighted by atomic mass is 16.3. The van der Waals surface area contributed by atoms with Crippen molar-refractivity contribution in [2.45, 2.75) is 45.8 Å². The fourth-order valence-electron chi connectivity index (χ4n) is 4.99. The molecular formula is C30H33N3O2. The van der Waals surface area contributed by atoms with Gasteiger partial charge in [0.1, 0.15) is 0 Å². The number of carbonyl (C=O) groups excluding carboxylic acids is 1. The molecule has 1 heterocycles. The Bertz CT molecular complexity index is 1240. The van der Waals surface area contributed by atoms with E-state index in [2.05, 4.69) is 61.3 Å². The van der Waals surface area contributed by atoms with Gasteiger partial charge < -0.3 is 10.0 Å². The minimum absolute atomic E-state index is 0.0544. The highest BCUT2D eigenvalue weighted by molar-refractivity contribution is 5.93. The topological polar surface area (TPSA) is 64.9 Å². The van der Waals surface area contributed by atoms with Gasteiger partial charge in [0.25, 0.3) is 5.91 Å². The number of aliphatic hydroxyl groups is 1. The maximum absolute atomic E-state index is 13.3. The zero-order valence-corrected chi connectivity index (χ0v) is 21.0. The van der Waals surface area contributed by atoms with Gasteiger partial charge in [0, 0.05) is 17.8 Å². The molecule has 0 radical (unpaired) electrons. The van der Waals surface area contributed by atoms with Crippen LogP contribution in [0, 0.1) is 6.92 Å². The lowest BCUT2D eigenvalue weighted by molar-refractivity contribution is -0.136. The maximum atomic E-state index is 13.3. The number of nitrogens with one attached hydrogen (secondary N) is 1. The van der Waals surface area contributed by atoms with E-state index in [4.69, 9.17) is 0 Å². The Balaban J connectivity index is 1.64. The molecule has 1 amide bonds. The summed E-state index contributed by atoms with van der Waals surface area (Å²) >= 11 is 0. The van der Waals surface area contributed by atoms with Gasteiger partial charge in [-0.25, -0.2) is 5.43 Å². The van der Waals surface area contributed by atoms with Crippen molar-refractivity contribution < 1.29 is 9.90 Å². The standard InChI is InChI=1S/C30H33N3O2/c1-6-33-27-17-21(2)23(18-26(27)22(3)19-29(33,4)5)20-31-32-28(34)30(35,24-13-9-7-10-14-24)25-15-11-8-12-16-25/h7-20,35H,6H2,1-5H3,(H,32,34)/b31-20+. The number of hydrazone groups is 1. The molecule has 0 bridgehead atoms. The summed E-state index contributed by atoms with van der Waals surface area (Å²) in [4.78, 5) is 15.7. The largest absolute Gasteiger partial charge is 0.372 e. The highest BCUT2D eigenvalue weighted by Gasteiger charge is 2.40. The number of hydrogen-bond donors (Lipinski definition) is 2. The molecule has 0 spiro atoms. The van der Waals surface area contributed by atoms with Crippen molar-refractivity contribution in [3.63, 3.8) is 0 Å². The van der Waals surface area contributed by atoms with Gasteiger partial charge in [-0.3, -0.25) is 4.79 Å². The van der Waals surface area contributed by atoms with Crippen LogP contribution in [-0.4, -0.2) is 29.3 Å². The van der Waals surface area contributed by atoms with E-state index in [9.17, 15) is 9.90 Å². The number of anilines is 1. The zero-order valence-electron chi connectivity index (χ0n) is 21.0. The maximum Gasteiger partial charge on any atom is 0.281 e. The third-order valence-corrected chi connectivity index (χ3v) is 6.76. The first-order valence-corrected chi connectivity index (χ1v) is 12.0. The molecular weight excluding hydrogens is 434 g/mol. The molecule has 1 aliphatic heterocycles. The van der Waals surface area contributed by atoms with E-state index < -0.39 is 11.5 Å². The first-order valence-electron chi connectivity index (χ1n) is 12.0. The van der Waals surface area contributed by atoms with E-state index in [1.807, 2.05) is 19.1 Å². The number of allylic oxidation sites excluding steroid dienone is 1. The van der Waals surface area contributed by atoms with Crippen molar-refractivity contribution in [2.75, 3.05) is 11.4 Å². The Hall–Kier alpha value is -3.70. The number of benzene rings is 3. The predicted molar refractivity (Wildman–Crippen MR) is 144 cm³/mol. The number of amides is 1. The minimum atomic E-state index is -1.86. The molecule has 0 atom stereocenters. The van der Waals surface area contributed by atoms with Crippen LogP contribution in [0.2, 0.25) is 0 Å². The van der Waals surface area contributed by atoms with Crippen LogP contribution in [0.5, 0.6) is 0 Å². The van der Waals surface area contributed by atoms with Crippen LogP contribution in [0.25, 0.3) is 5.57 Å². The summed E-state index contributed by atoms with van der Waals surface area (Å²) in [5.74, 6) is -0.614. The van der Waals surface area contributed by atoms with Gasteiger partial charge in [-0.15, -0.1) is 0 Å². The van der Waals surface area contributed by atoms with Gasteiger partial charge in [-0.1, -0.05) is 66.7 Å². The van der Waals surface area contributed by atoms with Crippen molar-refractivity contribution in [3.8, 4) is 0 Å². The number of nitrogens with zero attached hydrogens (tertiary/aromatic N) is 2. The molecule has 3 aromatic carbocycles. The second-order valence-electron chi connectivity index (χ2n) is 9.59. The first kappa shape index (κ1) is 24.4. The zero-order chi connectivity index (χ0) is 25.2. The van der Waals surface area contributed by atoms with Gasteiger partial charge in [-0.2, -0.15) is 5.10 Å². The number of carbonyl (C=O) groups is 1. The van der Waals surface area contributed by atoms with Crippen molar-refractivity contribution in [2.24, 2.45) is 5.10 Å². The third kappa shape index (κ3) is 4.52. The molecule has 0 saturated carbocycles. The SMILES string of the molecule is CCN1c2cc(C)c(/C=N/NC(=O)C(O)(c3ccccc3)c3ccccc3)cc2C(C)=CC1(C)C. The molecule has 3 aromatic rings. The lowest BCUT2D eigenvalue weighted by atomic mass is 9.85. The van der Waals surface area contributed by atoms with Crippen molar-refractivity contribution in [1.82, 2.24) is 5.43 Å². The van der Waals surface area contributed by atoms with E-state index in [1.54, 1.807) is 54.7 Å². The van der Waals surface area contributed by atoms with E-state index in [1.165, 1.54) is 11.3 Å². The monoisotopic (exact) mass is 467 g/mol. The number of aryl methyl sites for hydroxylation is 1. The molecule has 5 nitrogen and oxygen atoms in total. The van der Waals surface area contributed by atoms with Gasteiger partial charge in [-0.05, 0) is 74.6 Å². The van der Waals surface area contributed by atoms with Gasteiger partial charge in [0.15, 0.2) is 5.60 Å². The van der Waals surface area contributed by atoms with E-state index in [0.717, 1.165) is 23.2 Å². The Morgan fingerprint density at radius 3 is 2.14 bits per heavy atom. The lowest BCUT2D eigenvalue weighted by Crippen LogP contribution is -2.45. The quantitative estimate of drug-likeness (QED) is 0.377. The molecule has 5 heteroatoms. The molecule has 35 heavy (non-hydrogen) atoms. The van der Waals surface area contributed by atoms with Crippen LogP contribution in [0.3, 0.4) is 0 Å².